The molecule has 0 aliphatic carbocycles. The minimum absolute atomic E-state index is 0.0276. The number of carbonyl (C=O) groups is 2. The van der Waals surface area contributed by atoms with E-state index in [0.29, 0.717) is 32.5 Å². The molecule has 1 aromatic rings. The molecule has 1 aliphatic rings. The van der Waals surface area contributed by atoms with Gasteiger partial charge in [0.2, 0.25) is 11.8 Å². The van der Waals surface area contributed by atoms with Crippen molar-refractivity contribution in [2.45, 2.75) is 12.8 Å². The van der Waals surface area contributed by atoms with Gasteiger partial charge in [-0.25, -0.2) is 0 Å². The number of benzene rings is 1. The molecule has 1 N–H and O–H groups in total. The molecule has 2 atom stereocenters. The lowest BCUT2D eigenvalue weighted by molar-refractivity contribution is -0.130. The normalized spacial score (nSPS) is 20.0. The summed E-state index contributed by atoms with van der Waals surface area (Å²) in [6.07, 6.45) is 1.08. The average molecular weight is 334 g/mol. The van der Waals surface area contributed by atoms with Gasteiger partial charge in [0.25, 0.3) is 0 Å². The third-order valence-corrected chi connectivity index (χ3v) is 4.52. The van der Waals surface area contributed by atoms with Gasteiger partial charge in [0.1, 0.15) is 5.75 Å². The minimum atomic E-state index is -0.198. The number of methoxy groups -OCH3 is 2. The first kappa shape index (κ1) is 18.3. The van der Waals surface area contributed by atoms with E-state index < -0.39 is 0 Å². The number of carbonyl (C=O) groups excluding carboxylic acids is 2. The molecule has 2 amide bonds. The summed E-state index contributed by atoms with van der Waals surface area (Å²) in [5.41, 5.74) is 1.07. The van der Waals surface area contributed by atoms with E-state index in [9.17, 15) is 9.59 Å². The molecule has 1 fully saturated rings. The number of likely N-dealkylation sites (tertiary alicyclic amines) is 1. The number of ether oxygens (including phenoxy) is 2. The van der Waals surface area contributed by atoms with Crippen molar-refractivity contribution in [2.24, 2.45) is 11.8 Å². The van der Waals surface area contributed by atoms with Crippen molar-refractivity contribution in [2.75, 3.05) is 41.0 Å². The van der Waals surface area contributed by atoms with Crippen LogP contribution in [0.1, 0.15) is 12.0 Å². The first-order valence-electron chi connectivity index (χ1n) is 8.20. The molecule has 0 saturated carbocycles. The second-order valence-electron chi connectivity index (χ2n) is 6.09. The van der Waals surface area contributed by atoms with E-state index in [1.165, 1.54) is 0 Å². The number of aryl methyl sites for hydroxylation is 1. The van der Waals surface area contributed by atoms with Gasteiger partial charge in [-0.3, -0.25) is 9.59 Å². The SMILES string of the molecule is CNC(=O)[C@@H]1CN(C(=O)CCc2cccc(OC)c2)C[C@H]1COC. The van der Waals surface area contributed by atoms with Crippen LogP contribution in [0.15, 0.2) is 24.3 Å². The molecule has 0 bridgehead atoms. The number of rotatable bonds is 7. The van der Waals surface area contributed by atoms with Gasteiger partial charge in [-0.05, 0) is 24.1 Å². The quantitative estimate of drug-likeness (QED) is 0.811. The van der Waals surface area contributed by atoms with Gasteiger partial charge in [0.05, 0.1) is 19.6 Å². The van der Waals surface area contributed by atoms with Crippen molar-refractivity contribution in [1.82, 2.24) is 10.2 Å². The van der Waals surface area contributed by atoms with Gasteiger partial charge < -0.3 is 19.7 Å². The van der Waals surface area contributed by atoms with Crippen molar-refractivity contribution in [3.63, 3.8) is 0 Å². The highest BCUT2D eigenvalue weighted by Crippen LogP contribution is 2.25. The van der Waals surface area contributed by atoms with E-state index >= 15 is 0 Å². The fraction of sp³-hybridized carbons (Fsp3) is 0.556. The topological polar surface area (TPSA) is 67.9 Å². The van der Waals surface area contributed by atoms with Gasteiger partial charge in [0, 0.05) is 39.6 Å². The monoisotopic (exact) mass is 334 g/mol. The van der Waals surface area contributed by atoms with E-state index in [0.717, 1.165) is 11.3 Å². The molecule has 0 unspecified atom stereocenters. The van der Waals surface area contributed by atoms with Crippen molar-refractivity contribution in [3.8, 4) is 5.75 Å². The average Bonchev–Trinajstić information content (AvgIpc) is 3.03. The van der Waals surface area contributed by atoms with Crippen LogP contribution in [0, 0.1) is 11.8 Å². The summed E-state index contributed by atoms with van der Waals surface area (Å²) in [6.45, 7) is 1.52. The number of hydrogen-bond acceptors (Lipinski definition) is 4. The fourth-order valence-corrected chi connectivity index (χ4v) is 3.18. The molecule has 1 saturated heterocycles. The highest BCUT2D eigenvalue weighted by atomic mass is 16.5. The maximum atomic E-state index is 12.5. The number of nitrogens with one attached hydrogen (secondary N) is 1. The van der Waals surface area contributed by atoms with Crippen LogP contribution in [0.3, 0.4) is 0 Å². The standard InChI is InChI=1S/C18H26N2O4/c1-19-18(22)16-11-20(10-14(16)12-23-2)17(21)8-7-13-5-4-6-15(9-13)24-3/h4-6,9,14,16H,7-8,10-12H2,1-3H3,(H,19,22)/t14-,16+/m0/s1. The van der Waals surface area contributed by atoms with Crippen LogP contribution in [0.2, 0.25) is 0 Å². The second kappa shape index (κ2) is 8.68. The van der Waals surface area contributed by atoms with Crippen LogP contribution >= 0.6 is 0 Å². The molecular formula is C18H26N2O4. The van der Waals surface area contributed by atoms with E-state index in [-0.39, 0.29) is 23.7 Å². The summed E-state index contributed by atoms with van der Waals surface area (Å²) in [5.74, 6) is 0.692. The molecule has 0 radical (unpaired) electrons. The Morgan fingerprint density at radius 1 is 1.29 bits per heavy atom. The Morgan fingerprint density at radius 2 is 2.08 bits per heavy atom. The molecule has 6 nitrogen and oxygen atoms in total. The Balaban J connectivity index is 1.93. The lowest BCUT2D eigenvalue weighted by Gasteiger charge is -2.16. The summed E-state index contributed by atoms with van der Waals surface area (Å²) < 4.78 is 10.4. The van der Waals surface area contributed by atoms with Crippen LogP contribution in [0.4, 0.5) is 0 Å². The molecule has 0 spiro atoms. The third-order valence-electron chi connectivity index (χ3n) is 4.52. The Bertz CT molecular complexity index is 576. The maximum Gasteiger partial charge on any atom is 0.225 e. The van der Waals surface area contributed by atoms with Crippen LogP contribution in [0.25, 0.3) is 0 Å². The van der Waals surface area contributed by atoms with Gasteiger partial charge in [-0.15, -0.1) is 0 Å². The molecule has 1 heterocycles. The summed E-state index contributed by atoms with van der Waals surface area (Å²) in [7, 11) is 4.87. The van der Waals surface area contributed by atoms with Gasteiger partial charge in [-0.1, -0.05) is 12.1 Å². The highest BCUT2D eigenvalue weighted by molar-refractivity contribution is 5.82. The number of amides is 2. The lowest BCUT2D eigenvalue weighted by atomic mass is 9.96. The summed E-state index contributed by atoms with van der Waals surface area (Å²) in [5, 5.41) is 2.68. The first-order valence-corrected chi connectivity index (χ1v) is 8.20. The van der Waals surface area contributed by atoms with Crippen LogP contribution in [0.5, 0.6) is 5.75 Å². The Morgan fingerprint density at radius 3 is 2.75 bits per heavy atom. The Labute approximate surface area is 143 Å². The van der Waals surface area contributed by atoms with Gasteiger partial charge >= 0.3 is 0 Å². The summed E-state index contributed by atoms with van der Waals surface area (Å²) in [6, 6.07) is 7.74. The number of nitrogens with zero attached hydrogens (tertiary/aromatic N) is 1. The molecule has 24 heavy (non-hydrogen) atoms. The molecular weight excluding hydrogens is 308 g/mol. The van der Waals surface area contributed by atoms with Gasteiger partial charge in [-0.2, -0.15) is 0 Å². The fourth-order valence-electron chi connectivity index (χ4n) is 3.18. The Kier molecular flexibility index (Phi) is 6.61. The molecule has 132 valence electrons. The largest absolute Gasteiger partial charge is 0.497 e. The molecule has 1 aliphatic heterocycles. The van der Waals surface area contributed by atoms with Crippen LogP contribution < -0.4 is 10.1 Å². The zero-order valence-electron chi connectivity index (χ0n) is 14.6. The zero-order chi connectivity index (χ0) is 17.5. The van der Waals surface area contributed by atoms with Crippen LogP contribution in [-0.2, 0) is 20.7 Å². The molecule has 0 aromatic heterocycles. The summed E-state index contributed by atoms with van der Waals surface area (Å²) in [4.78, 5) is 26.3. The zero-order valence-corrected chi connectivity index (χ0v) is 14.6. The van der Waals surface area contributed by atoms with Crippen molar-refractivity contribution in [3.05, 3.63) is 29.8 Å². The van der Waals surface area contributed by atoms with E-state index in [1.807, 2.05) is 24.3 Å². The van der Waals surface area contributed by atoms with E-state index in [2.05, 4.69) is 5.32 Å². The Hall–Kier alpha value is -2.08. The van der Waals surface area contributed by atoms with Crippen LogP contribution in [-0.4, -0.2) is 57.7 Å². The number of hydrogen-bond donors (Lipinski definition) is 1. The minimum Gasteiger partial charge on any atom is -0.497 e. The highest BCUT2D eigenvalue weighted by Gasteiger charge is 2.38. The summed E-state index contributed by atoms with van der Waals surface area (Å²) >= 11 is 0. The maximum absolute atomic E-state index is 12.5. The van der Waals surface area contributed by atoms with Gasteiger partial charge in [0.15, 0.2) is 0 Å². The van der Waals surface area contributed by atoms with Crippen molar-refractivity contribution >= 4 is 11.8 Å². The third kappa shape index (κ3) is 4.47. The van der Waals surface area contributed by atoms with Crippen molar-refractivity contribution in [1.29, 1.82) is 0 Å². The molecule has 6 heteroatoms. The second-order valence-corrected chi connectivity index (χ2v) is 6.09. The smallest absolute Gasteiger partial charge is 0.225 e. The molecule has 1 aromatic carbocycles. The molecule has 2 rings (SSSR count). The predicted octanol–water partition coefficient (Wildman–Crippen LogP) is 1.09. The first-order chi connectivity index (χ1) is 11.6. The van der Waals surface area contributed by atoms with E-state index in [1.54, 1.807) is 26.2 Å². The van der Waals surface area contributed by atoms with Crippen molar-refractivity contribution < 1.29 is 19.1 Å². The lowest BCUT2D eigenvalue weighted by Crippen LogP contribution is -2.34. The predicted molar refractivity (Wildman–Crippen MR) is 90.8 cm³/mol. The van der Waals surface area contributed by atoms with E-state index in [4.69, 9.17) is 9.47 Å².